The molecule has 0 saturated carbocycles. The van der Waals surface area contributed by atoms with Crippen LogP contribution in [0.1, 0.15) is 26.2 Å². The first-order valence-electron chi connectivity index (χ1n) is 3.09. The maximum Gasteiger partial charge on any atom is 0.462 e. The molecule has 0 aromatic carbocycles. The Morgan fingerprint density at radius 2 is 1.89 bits per heavy atom. The summed E-state index contributed by atoms with van der Waals surface area (Å²) in [6.45, 7) is 1.98. The molecule has 0 aromatic heterocycles. The van der Waals surface area contributed by atoms with Crippen LogP contribution in [-0.4, -0.2) is 15.9 Å². The minimum atomic E-state index is -3.95. The Bertz CT molecular complexity index is 71.8. The molecule has 0 aromatic rings. The molecular weight excluding hydrogens is 142 g/mol. The molecule has 0 rings (SSSR count). The van der Waals surface area contributed by atoms with Crippen LogP contribution in [0.15, 0.2) is 0 Å². The predicted octanol–water partition coefficient (Wildman–Crippen LogP) is 1.89. The number of rotatable bonds is 4. The molecular formula is C5H13FO2P+. The summed E-state index contributed by atoms with van der Waals surface area (Å²) >= 11 is 0. The highest BCUT2D eigenvalue weighted by molar-refractivity contribution is 7.59. The standard InChI is InChI=1S/C5H13FO2P/c1-2-3-4-5-9(6,7)8/h7-8H,2-5H2,1H3/q+1. The van der Waals surface area contributed by atoms with E-state index >= 15 is 0 Å². The average Bonchev–Trinajstić information content (AvgIpc) is 1.63. The molecule has 56 valence electrons. The molecule has 0 atom stereocenters. The van der Waals surface area contributed by atoms with E-state index in [0.29, 0.717) is 6.42 Å². The van der Waals surface area contributed by atoms with Crippen LogP contribution in [0.2, 0.25) is 0 Å². The van der Waals surface area contributed by atoms with Crippen LogP contribution in [0.3, 0.4) is 0 Å². The Balaban J connectivity index is 3.07. The molecule has 4 heteroatoms. The second-order valence-electron chi connectivity index (χ2n) is 2.07. The third-order valence-electron chi connectivity index (χ3n) is 1.05. The van der Waals surface area contributed by atoms with Gasteiger partial charge in [-0.1, -0.05) is 13.3 Å². The molecule has 9 heavy (non-hydrogen) atoms. The fourth-order valence-corrected chi connectivity index (χ4v) is 1.19. The van der Waals surface area contributed by atoms with Crippen molar-refractivity contribution in [2.24, 2.45) is 0 Å². The van der Waals surface area contributed by atoms with Gasteiger partial charge in [-0.3, -0.25) is 0 Å². The molecule has 0 fully saturated rings. The highest BCUT2D eigenvalue weighted by Gasteiger charge is 2.32. The van der Waals surface area contributed by atoms with Crippen LogP contribution >= 0.6 is 8.03 Å². The van der Waals surface area contributed by atoms with Crippen molar-refractivity contribution < 1.29 is 14.0 Å². The van der Waals surface area contributed by atoms with E-state index in [2.05, 4.69) is 0 Å². The lowest BCUT2D eigenvalue weighted by molar-refractivity contribution is 0.387. The lowest BCUT2D eigenvalue weighted by atomic mass is 10.3. The van der Waals surface area contributed by atoms with Crippen molar-refractivity contribution in [3.05, 3.63) is 0 Å². The van der Waals surface area contributed by atoms with Crippen LogP contribution in [0.5, 0.6) is 0 Å². The van der Waals surface area contributed by atoms with Gasteiger partial charge < -0.3 is 0 Å². The number of unbranched alkanes of at least 4 members (excludes halogenated alkanes) is 2. The van der Waals surface area contributed by atoms with E-state index in [1.165, 1.54) is 0 Å². The molecule has 0 bridgehead atoms. The van der Waals surface area contributed by atoms with Crippen molar-refractivity contribution in [1.82, 2.24) is 0 Å². The van der Waals surface area contributed by atoms with E-state index in [4.69, 9.17) is 9.79 Å². The largest absolute Gasteiger partial charge is 0.462 e. The molecule has 0 aliphatic heterocycles. The van der Waals surface area contributed by atoms with Crippen molar-refractivity contribution in [2.45, 2.75) is 26.2 Å². The Morgan fingerprint density at radius 3 is 2.22 bits per heavy atom. The average molecular weight is 155 g/mol. The Hall–Kier alpha value is 0.280. The predicted molar refractivity (Wildman–Crippen MR) is 36.9 cm³/mol. The fourth-order valence-electron chi connectivity index (χ4n) is 0.563. The smallest absolute Gasteiger partial charge is 0.189 e. The van der Waals surface area contributed by atoms with Gasteiger partial charge in [-0.15, -0.1) is 0 Å². The zero-order valence-corrected chi connectivity index (χ0v) is 6.44. The highest BCUT2D eigenvalue weighted by atomic mass is 31.2. The SMILES string of the molecule is CCCCC[P+](O)(O)F. The van der Waals surface area contributed by atoms with Gasteiger partial charge in [-0.2, -0.15) is 9.79 Å². The molecule has 0 unspecified atom stereocenters. The molecule has 2 N–H and O–H groups in total. The van der Waals surface area contributed by atoms with Gasteiger partial charge in [-0.05, 0) is 12.8 Å². The molecule has 0 saturated heterocycles. The Morgan fingerprint density at radius 1 is 1.33 bits per heavy atom. The van der Waals surface area contributed by atoms with Gasteiger partial charge in [0.25, 0.3) is 0 Å². The number of hydrogen-bond donors (Lipinski definition) is 2. The summed E-state index contributed by atoms with van der Waals surface area (Å²) in [6.07, 6.45) is 2.35. The van der Waals surface area contributed by atoms with Gasteiger partial charge >= 0.3 is 8.03 Å². The maximum absolute atomic E-state index is 11.9. The third kappa shape index (κ3) is 8.28. The lowest BCUT2D eigenvalue weighted by Gasteiger charge is -1.97. The summed E-state index contributed by atoms with van der Waals surface area (Å²) in [7, 11) is -3.95. The first-order chi connectivity index (χ1) is 4.06. The summed E-state index contributed by atoms with van der Waals surface area (Å²) in [5.41, 5.74) is 0. The molecule has 0 amide bonds. The number of hydrogen-bond acceptors (Lipinski definition) is 2. The normalized spacial score (nSPS) is 12.0. The summed E-state index contributed by atoms with van der Waals surface area (Å²) in [5, 5.41) is 0. The molecule has 0 aliphatic rings. The molecule has 2 nitrogen and oxygen atoms in total. The molecule has 0 aliphatic carbocycles. The summed E-state index contributed by atoms with van der Waals surface area (Å²) in [4.78, 5) is 16.5. The highest BCUT2D eigenvalue weighted by Crippen LogP contribution is 2.52. The van der Waals surface area contributed by atoms with Gasteiger partial charge in [0.2, 0.25) is 0 Å². The van der Waals surface area contributed by atoms with Gasteiger partial charge in [0, 0.05) is 4.20 Å². The molecule has 0 radical (unpaired) electrons. The van der Waals surface area contributed by atoms with Crippen LogP contribution in [0.4, 0.5) is 4.20 Å². The molecule has 0 heterocycles. The third-order valence-corrected chi connectivity index (χ3v) is 1.93. The first-order valence-corrected chi connectivity index (χ1v) is 4.86. The first kappa shape index (κ1) is 9.28. The summed E-state index contributed by atoms with van der Waals surface area (Å²) in [6, 6.07) is 0. The van der Waals surface area contributed by atoms with Crippen molar-refractivity contribution in [2.75, 3.05) is 6.16 Å². The monoisotopic (exact) mass is 155 g/mol. The van der Waals surface area contributed by atoms with Crippen LogP contribution in [-0.2, 0) is 0 Å². The topological polar surface area (TPSA) is 40.5 Å². The fraction of sp³-hybridized carbons (Fsp3) is 1.00. The summed E-state index contributed by atoms with van der Waals surface area (Å²) < 4.78 is 11.9. The van der Waals surface area contributed by atoms with E-state index < -0.39 is 8.03 Å². The van der Waals surface area contributed by atoms with Gasteiger partial charge in [0.05, 0.1) is 0 Å². The van der Waals surface area contributed by atoms with E-state index in [-0.39, 0.29) is 6.16 Å². The van der Waals surface area contributed by atoms with E-state index in [9.17, 15) is 4.20 Å². The van der Waals surface area contributed by atoms with Gasteiger partial charge in [-0.25, -0.2) is 0 Å². The second-order valence-corrected chi connectivity index (χ2v) is 3.81. The van der Waals surface area contributed by atoms with Gasteiger partial charge in [0.15, 0.2) is 0 Å². The van der Waals surface area contributed by atoms with Crippen molar-refractivity contribution in [3.8, 4) is 0 Å². The van der Waals surface area contributed by atoms with Crippen LogP contribution in [0, 0.1) is 0 Å². The van der Waals surface area contributed by atoms with Gasteiger partial charge in [0.1, 0.15) is 6.16 Å². The Labute approximate surface area is 55.3 Å². The van der Waals surface area contributed by atoms with E-state index in [0.717, 1.165) is 12.8 Å². The van der Waals surface area contributed by atoms with Crippen LogP contribution < -0.4 is 0 Å². The van der Waals surface area contributed by atoms with Crippen molar-refractivity contribution in [1.29, 1.82) is 0 Å². The quantitative estimate of drug-likeness (QED) is 0.480. The lowest BCUT2D eigenvalue weighted by Crippen LogP contribution is -1.89. The zero-order valence-electron chi connectivity index (χ0n) is 5.55. The number of halogens is 1. The minimum absolute atomic E-state index is 0.0686. The Kier molecular flexibility index (Phi) is 4.28. The minimum Gasteiger partial charge on any atom is -0.189 e. The zero-order chi connectivity index (χ0) is 7.33. The maximum atomic E-state index is 11.9. The van der Waals surface area contributed by atoms with E-state index in [1.807, 2.05) is 6.92 Å². The van der Waals surface area contributed by atoms with Crippen molar-refractivity contribution in [3.63, 3.8) is 0 Å². The van der Waals surface area contributed by atoms with Crippen LogP contribution in [0.25, 0.3) is 0 Å². The van der Waals surface area contributed by atoms with E-state index in [1.54, 1.807) is 0 Å². The van der Waals surface area contributed by atoms with Crippen molar-refractivity contribution >= 4 is 8.03 Å². The molecule has 0 spiro atoms. The second kappa shape index (κ2) is 4.15. The summed E-state index contributed by atoms with van der Waals surface area (Å²) in [5.74, 6) is 0.